The number of carbonyl (C=O) groups is 1. The lowest BCUT2D eigenvalue weighted by atomic mass is 10.0. The zero-order chi connectivity index (χ0) is 15.4. The summed E-state index contributed by atoms with van der Waals surface area (Å²) in [7, 11) is 0. The van der Waals surface area contributed by atoms with Crippen molar-refractivity contribution in [1.82, 2.24) is 4.90 Å². The van der Waals surface area contributed by atoms with E-state index in [9.17, 15) is 14.9 Å². The topological polar surface area (TPSA) is 102 Å². The molecule has 0 radical (unpaired) electrons. The van der Waals surface area contributed by atoms with Crippen LogP contribution in [0.4, 0.5) is 11.4 Å². The normalized spacial score (nSPS) is 17.8. The summed E-state index contributed by atoms with van der Waals surface area (Å²) in [6.07, 6.45) is 3.18. The summed E-state index contributed by atoms with van der Waals surface area (Å²) in [4.78, 5) is 24.7. The number of carbonyl (C=O) groups excluding carboxylic acids is 1. The van der Waals surface area contributed by atoms with E-state index in [2.05, 4.69) is 12.3 Å². The lowest BCUT2D eigenvalue weighted by Gasteiger charge is -2.18. The van der Waals surface area contributed by atoms with Crippen molar-refractivity contribution in [2.45, 2.75) is 26.2 Å². The largest absolute Gasteiger partial charge is 0.338 e. The Bertz CT molecular complexity index is 547. The van der Waals surface area contributed by atoms with Crippen LogP contribution < -0.4 is 11.3 Å². The maximum absolute atomic E-state index is 12.6. The first kappa shape index (κ1) is 15.2. The summed E-state index contributed by atoms with van der Waals surface area (Å²) in [6.45, 7) is 3.52. The summed E-state index contributed by atoms with van der Waals surface area (Å²) >= 11 is 0. The first-order chi connectivity index (χ1) is 10.1. The second-order valence-corrected chi connectivity index (χ2v) is 5.33. The van der Waals surface area contributed by atoms with E-state index in [4.69, 9.17) is 5.84 Å². The highest BCUT2D eigenvalue weighted by Crippen LogP contribution is 2.27. The molecule has 7 heteroatoms. The van der Waals surface area contributed by atoms with Crippen molar-refractivity contribution in [2.24, 2.45) is 11.8 Å². The number of nitrogens with two attached hydrogens (primary N) is 1. The molecule has 1 fully saturated rings. The average Bonchev–Trinajstić information content (AvgIpc) is 2.94. The minimum Gasteiger partial charge on any atom is -0.338 e. The van der Waals surface area contributed by atoms with Gasteiger partial charge < -0.3 is 10.3 Å². The number of nitrogens with one attached hydrogen (secondary N) is 1. The Labute approximate surface area is 123 Å². The molecule has 114 valence electrons. The van der Waals surface area contributed by atoms with E-state index in [1.807, 2.05) is 0 Å². The quantitative estimate of drug-likeness (QED) is 0.492. The van der Waals surface area contributed by atoms with Gasteiger partial charge in [-0.15, -0.1) is 0 Å². The Morgan fingerprint density at radius 3 is 2.95 bits per heavy atom. The number of nitrogens with zero attached hydrogens (tertiary/aromatic N) is 2. The van der Waals surface area contributed by atoms with Gasteiger partial charge >= 0.3 is 0 Å². The van der Waals surface area contributed by atoms with Crippen LogP contribution in [-0.4, -0.2) is 28.8 Å². The van der Waals surface area contributed by atoms with Gasteiger partial charge in [-0.1, -0.05) is 13.3 Å². The van der Waals surface area contributed by atoms with Crippen LogP contribution in [0.5, 0.6) is 0 Å². The first-order valence-electron chi connectivity index (χ1n) is 7.11. The molecule has 1 unspecified atom stereocenters. The molecule has 0 aliphatic carbocycles. The summed E-state index contributed by atoms with van der Waals surface area (Å²) in [5.74, 6) is 5.71. The number of amides is 1. The number of anilines is 1. The second-order valence-electron chi connectivity index (χ2n) is 5.33. The van der Waals surface area contributed by atoms with Crippen LogP contribution in [0.3, 0.4) is 0 Å². The third-order valence-corrected chi connectivity index (χ3v) is 3.87. The van der Waals surface area contributed by atoms with E-state index >= 15 is 0 Å². The van der Waals surface area contributed by atoms with Crippen molar-refractivity contribution >= 4 is 17.3 Å². The van der Waals surface area contributed by atoms with Crippen LogP contribution in [0.2, 0.25) is 0 Å². The predicted molar refractivity (Wildman–Crippen MR) is 79.8 cm³/mol. The molecule has 0 bridgehead atoms. The molecule has 7 nitrogen and oxygen atoms in total. The van der Waals surface area contributed by atoms with Gasteiger partial charge in [-0.05, 0) is 24.8 Å². The SMILES string of the molecule is CCCC1CCN(C(=O)c2cc([N+](=O)[O-])ccc2NN)C1. The van der Waals surface area contributed by atoms with Crippen molar-refractivity contribution in [3.8, 4) is 0 Å². The number of non-ortho nitro benzene ring substituents is 1. The van der Waals surface area contributed by atoms with Crippen LogP contribution in [0.25, 0.3) is 0 Å². The van der Waals surface area contributed by atoms with Crippen LogP contribution in [0, 0.1) is 16.0 Å². The van der Waals surface area contributed by atoms with E-state index in [-0.39, 0.29) is 17.2 Å². The number of hydrogen-bond donors (Lipinski definition) is 2. The molecule has 1 aliphatic rings. The van der Waals surface area contributed by atoms with Gasteiger partial charge in [0.15, 0.2) is 0 Å². The molecule has 1 aliphatic heterocycles. The smallest absolute Gasteiger partial charge is 0.270 e. The van der Waals surface area contributed by atoms with Gasteiger partial charge in [0.05, 0.1) is 16.2 Å². The third kappa shape index (κ3) is 3.30. The van der Waals surface area contributed by atoms with Crippen LogP contribution in [0.15, 0.2) is 18.2 Å². The maximum Gasteiger partial charge on any atom is 0.270 e. The highest BCUT2D eigenvalue weighted by atomic mass is 16.6. The summed E-state index contributed by atoms with van der Waals surface area (Å²) in [6, 6.07) is 4.07. The van der Waals surface area contributed by atoms with Gasteiger partial charge in [0.1, 0.15) is 0 Å². The number of rotatable bonds is 5. The van der Waals surface area contributed by atoms with Crippen molar-refractivity contribution in [3.05, 3.63) is 33.9 Å². The van der Waals surface area contributed by atoms with E-state index in [1.165, 1.54) is 18.2 Å². The zero-order valence-electron chi connectivity index (χ0n) is 12.0. The maximum atomic E-state index is 12.6. The van der Waals surface area contributed by atoms with E-state index < -0.39 is 4.92 Å². The van der Waals surface area contributed by atoms with Gasteiger partial charge in [0, 0.05) is 25.2 Å². The van der Waals surface area contributed by atoms with E-state index in [1.54, 1.807) is 4.90 Å². The fraction of sp³-hybridized carbons (Fsp3) is 0.500. The van der Waals surface area contributed by atoms with Crippen molar-refractivity contribution in [2.75, 3.05) is 18.5 Å². The number of likely N-dealkylation sites (tertiary alicyclic amines) is 1. The Morgan fingerprint density at radius 2 is 2.33 bits per heavy atom. The molecule has 3 N–H and O–H groups in total. The predicted octanol–water partition coefficient (Wildman–Crippen LogP) is 2.14. The molecule has 0 saturated carbocycles. The molecule has 1 atom stereocenters. The molecule has 0 spiro atoms. The number of benzene rings is 1. The number of nitro benzene ring substituents is 1. The van der Waals surface area contributed by atoms with E-state index in [0.717, 1.165) is 19.3 Å². The molecule has 0 aromatic heterocycles. The van der Waals surface area contributed by atoms with E-state index in [0.29, 0.717) is 24.7 Å². The average molecular weight is 292 g/mol. The molecule has 21 heavy (non-hydrogen) atoms. The standard InChI is InChI=1S/C14H20N4O3/c1-2-3-10-6-7-17(9-10)14(19)12-8-11(18(20)21)4-5-13(12)16-15/h4-5,8,10,16H,2-3,6-7,9,15H2,1H3. The molecule has 1 heterocycles. The number of hydrogen-bond acceptors (Lipinski definition) is 5. The van der Waals surface area contributed by atoms with Crippen molar-refractivity contribution < 1.29 is 9.72 Å². The van der Waals surface area contributed by atoms with Gasteiger partial charge in [-0.25, -0.2) is 0 Å². The number of nitro groups is 1. The summed E-state index contributed by atoms with van der Waals surface area (Å²) < 4.78 is 0. The number of hydrazine groups is 1. The third-order valence-electron chi connectivity index (χ3n) is 3.87. The summed E-state index contributed by atoms with van der Waals surface area (Å²) in [5, 5.41) is 10.9. The van der Waals surface area contributed by atoms with Crippen LogP contribution >= 0.6 is 0 Å². The Kier molecular flexibility index (Phi) is 4.74. The fourth-order valence-corrected chi connectivity index (χ4v) is 2.78. The Hall–Kier alpha value is -2.15. The minimum atomic E-state index is -0.513. The highest BCUT2D eigenvalue weighted by molar-refractivity contribution is 6.00. The van der Waals surface area contributed by atoms with Gasteiger partial charge in [0.25, 0.3) is 11.6 Å². The molecule has 2 rings (SSSR count). The minimum absolute atomic E-state index is 0.110. The van der Waals surface area contributed by atoms with Crippen LogP contribution in [-0.2, 0) is 0 Å². The highest BCUT2D eigenvalue weighted by Gasteiger charge is 2.28. The molecule has 1 saturated heterocycles. The van der Waals surface area contributed by atoms with Gasteiger partial charge in [0.2, 0.25) is 0 Å². The lowest BCUT2D eigenvalue weighted by Crippen LogP contribution is -2.30. The first-order valence-corrected chi connectivity index (χ1v) is 7.11. The zero-order valence-corrected chi connectivity index (χ0v) is 12.0. The molecular formula is C14H20N4O3. The van der Waals surface area contributed by atoms with Gasteiger partial charge in [-0.2, -0.15) is 0 Å². The Morgan fingerprint density at radius 1 is 1.57 bits per heavy atom. The lowest BCUT2D eigenvalue weighted by molar-refractivity contribution is -0.384. The molecule has 1 amide bonds. The number of nitrogen functional groups attached to an aromatic ring is 1. The Balaban J connectivity index is 2.22. The molecule has 1 aromatic rings. The second kappa shape index (κ2) is 6.53. The van der Waals surface area contributed by atoms with Crippen molar-refractivity contribution in [1.29, 1.82) is 0 Å². The molecule has 1 aromatic carbocycles. The van der Waals surface area contributed by atoms with Crippen molar-refractivity contribution in [3.63, 3.8) is 0 Å². The van der Waals surface area contributed by atoms with Gasteiger partial charge in [-0.3, -0.25) is 20.8 Å². The van der Waals surface area contributed by atoms with Crippen LogP contribution in [0.1, 0.15) is 36.5 Å². The monoisotopic (exact) mass is 292 g/mol. The molecular weight excluding hydrogens is 272 g/mol. The summed E-state index contributed by atoms with van der Waals surface area (Å²) in [5.41, 5.74) is 2.98. The fourth-order valence-electron chi connectivity index (χ4n) is 2.78.